The molecule has 0 radical (unpaired) electrons. The van der Waals surface area contributed by atoms with Crippen molar-refractivity contribution in [3.63, 3.8) is 0 Å². The molecule has 6 nitrogen and oxygen atoms in total. The summed E-state index contributed by atoms with van der Waals surface area (Å²) in [6, 6.07) is 5.83. The zero-order valence-electron chi connectivity index (χ0n) is 16.4. The summed E-state index contributed by atoms with van der Waals surface area (Å²) < 4.78 is 16.3. The van der Waals surface area contributed by atoms with E-state index < -0.39 is 0 Å². The predicted molar refractivity (Wildman–Crippen MR) is 107 cm³/mol. The SMILES string of the molecule is CCN1CCCC1CNC(=NC)NCc1ccc(-n2ccnc2C)c(F)c1. The number of nitrogens with one attached hydrogen (secondary N) is 2. The Morgan fingerprint density at radius 1 is 1.37 bits per heavy atom. The van der Waals surface area contributed by atoms with Gasteiger partial charge in [0, 0.05) is 38.6 Å². The lowest BCUT2D eigenvalue weighted by molar-refractivity contribution is 0.267. The van der Waals surface area contributed by atoms with Crippen molar-refractivity contribution in [2.24, 2.45) is 4.99 Å². The van der Waals surface area contributed by atoms with E-state index in [1.54, 1.807) is 36.1 Å². The van der Waals surface area contributed by atoms with Crippen LogP contribution < -0.4 is 10.6 Å². The van der Waals surface area contributed by atoms with Crippen LogP contribution in [0.1, 0.15) is 31.2 Å². The molecule has 1 aliphatic heterocycles. The summed E-state index contributed by atoms with van der Waals surface area (Å²) in [4.78, 5) is 10.9. The molecule has 1 aliphatic rings. The third-order valence-electron chi connectivity index (χ3n) is 5.19. The van der Waals surface area contributed by atoms with Crippen LogP contribution in [0.4, 0.5) is 4.39 Å². The molecule has 1 atom stereocenters. The van der Waals surface area contributed by atoms with Crippen LogP contribution in [0.3, 0.4) is 0 Å². The second-order valence-electron chi connectivity index (χ2n) is 6.86. The van der Waals surface area contributed by atoms with Gasteiger partial charge in [-0.05, 0) is 50.6 Å². The molecule has 2 heterocycles. The van der Waals surface area contributed by atoms with Gasteiger partial charge in [0.15, 0.2) is 5.96 Å². The molecule has 2 aromatic rings. The molecule has 0 aliphatic carbocycles. The first-order valence-electron chi connectivity index (χ1n) is 9.59. The Labute approximate surface area is 160 Å². The number of hydrogen-bond acceptors (Lipinski definition) is 3. The molecule has 7 heteroatoms. The Kier molecular flexibility index (Phi) is 6.45. The van der Waals surface area contributed by atoms with Crippen LogP contribution in [-0.2, 0) is 6.54 Å². The van der Waals surface area contributed by atoms with E-state index in [2.05, 4.69) is 32.4 Å². The maximum Gasteiger partial charge on any atom is 0.191 e. The highest BCUT2D eigenvalue weighted by Crippen LogP contribution is 2.17. The number of aryl methyl sites for hydroxylation is 1. The van der Waals surface area contributed by atoms with Crippen LogP contribution in [-0.4, -0.2) is 53.1 Å². The summed E-state index contributed by atoms with van der Waals surface area (Å²) in [6.07, 6.45) is 5.91. The minimum atomic E-state index is -0.261. The van der Waals surface area contributed by atoms with Gasteiger partial charge in [0.1, 0.15) is 11.6 Å². The largest absolute Gasteiger partial charge is 0.355 e. The summed E-state index contributed by atoms with van der Waals surface area (Å²) >= 11 is 0. The van der Waals surface area contributed by atoms with E-state index in [0.717, 1.165) is 30.4 Å². The summed E-state index contributed by atoms with van der Waals surface area (Å²) in [7, 11) is 1.76. The van der Waals surface area contributed by atoms with Gasteiger partial charge in [0.25, 0.3) is 0 Å². The third-order valence-corrected chi connectivity index (χ3v) is 5.19. The molecule has 3 rings (SSSR count). The van der Waals surface area contributed by atoms with Crippen molar-refractivity contribution in [3.05, 3.63) is 47.8 Å². The Bertz CT molecular complexity index is 785. The zero-order valence-corrected chi connectivity index (χ0v) is 16.4. The molecule has 1 unspecified atom stereocenters. The van der Waals surface area contributed by atoms with Gasteiger partial charge in [0.05, 0.1) is 5.69 Å². The van der Waals surface area contributed by atoms with Crippen molar-refractivity contribution in [1.82, 2.24) is 25.1 Å². The lowest BCUT2D eigenvalue weighted by Crippen LogP contribution is -2.44. The van der Waals surface area contributed by atoms with Gasteiger partial charge in [-0.15, -0.1) is 0 Å². The molecule has 0 saturated carbocycles. The number of aromatic nitrogens is 2. The minimum Gasteiger partial charge on any atom is -0.355 e. The van der Waals surface area contributed by atoms with Gasteiger partial charge in [0.2, 0.25) is 0 Å². The molecule has 1 aromatic carbocycles. The van der Waals surface area contributed by atoms with E-state index in [1.807, 2.05) is 13.0 Å². The van der Waals surface area contributed by atoms with Gasteiger partial charge in [-0.3, -0.25) is 9.89 Å². The molecule has 1 fully saturated rings. The van der Waals surface area contributed by atoms with Crippen LogP contribution in [0, 0.1) is 12.7 Å². The molecular formula is C20H29FN6. The second-order valence-corrected chi connectivity index (χ2v) is 6.86. The van der Waals surface area contributed by atoms with Crippen molar-refractivity contribution in [2.45, 2.75) is 39.3 Å². The molecule has 0 amide bonds. The first-order chi connectivity index (χ1) is 13.1. The number of rotatable bonds is 6. The van der Waals surface area contributed by atoms with E-state index in [4.69, 9.17) is 0 Å². The first-order valence-corrected chi connectivity index (χ1v) is 9.59. The molecule has 1 saturated heterocycles. The zero-order chi connectivity index (χ0) is 19.2. The van der Waals surface area contributed by atoms with Gasteiger partial charge >= 0.3 is 0 Å². The van der Waals surface area contributed by atoms with E-state index >= 15 is 0 Å². The number of hydrogen-bond donors (Lipinski definition) is 2. The molecular weight excluding hydrogens is 343 g/mol. The highest BCUT2D eigenvalue weighted by molar-refractivity contribution is 5.79. The Morgan fingerprint density at radius 3 is 2.89 bits per heavy atom. The quantitative estimate of drug-likeness (QED) is 0.604. The van der Waals surface area contributed by atoms with Crippen LogP contribution >= 0.6 is 0 Å². The van der Waals surface area contributed by atoms with Gasteiger partial charge in [-0.25, -0.2) is 9.37 Å². The number of imidazole rings is 1. The van der Waals surface area contributed by atoms with Gasteiger partial charge in [-0.2, -0.15) is 0 Å². The lowest BCUT2D eigenvalue weighted by Gasteiger charge is -2.24. The second kappa shape index (κ2) is 8.99. The molecule has 1 aromatic heterocycles. The van der Waals surface area contributed by atoms with Crippen LogP contribution in [0.2, 0.25) is 0 Å². The number of aliphatic imine (C=N–C) groups is 1. The van der Waals surface area contributed by atoms with Crippen LogP contribution in [0.5, 0.6) is 0 Å². The highest BCUT2D eigenvalue weighted by atomic mass is 19.1. The summed E-state index contributed by atoms with van der Waals surface area (Å²) in [5, 5.41) is 6.66. The lowest BCUT2D eigenvalue weighted by atomic mass is 10.2. The average Bonchev–Trinajstić information content (AvgIpc) is 3.30. The van der Waals surface area contributed by atoms with Gasteiger partial charge in [-0.1, -0.05) is 13.0 Å². The molecule has 146 valence electrons. The number of nitrogens with zero attached hydrogens (tertiary/aromatic N) is 4. The summed E-state index contributed by atoms with van der Waals surface area (Å²) in [6.45, 7) is 7.71. The minimum absolute atomic E-state index is 0.261. The number of benzene rings is 1. The van der Waals surface area contributed by atoms with E-state index in [0.29, 0.717) is 18.3 Å². The van der Waals surface area contributed by atoms with Crippen molar-refractivity contribution in [1.29, 1.82) is 0 Å². The van der Waals surface area contributed by atoms with Crippen molar-refractivity contribution < 1.29 is 4.39 Å². The number of guanidine groups is 1. The fraction of sp³-hybridized carbons (Fsp3) is 0.500. The Morgan fingerprint density at radius 2 is 2.22 bits per heavy atom. The maximum absolute atomic E-state index is 14.5. The summed E-state index contributed by atoms with van der Waals surface area (Å²) in [5.41, 5.74) is 1.38. The standard InChI is InChI=1S/C20H29FN6/c1-4-26-10-5-6-17(26)14-25-20(22-3)24-13-16-7-8-19(18(21)12-16)27-11-9-23-15(27)2/h7-9,11-12,17H,4-6,10,13-14H2,1-3H3,(H2,22,24,25). The Balaban J connectivity index is 1.55. The van der Waals surface area contributed by atoms with E-state index in [1.165, 1.54) is 19.4 Å². The number of likely N-dealkylation sites (N-methyl/N-ethyl adjacent to an activating group) is 1. The van der Waals surface area contributed by atoms with Crippen molar-refractivity contribution in [3.8, 4) is 5.69 Å². The number of halogens is 1. The van der Waals surface area contributed by atoms with Crippen molar-refractivity contribution in [2.75, 3.05) is 26.7 Å². The van der Waals surface area contributed by atoms with Crippen molar-refractivity contribution >= 4 is 5.96 Å². The maximum atomic E-state index is 14.5. The highest BCUT2D eigenvalue weighted by Gasteiger charge is 2.22. The topological polar surface area (TPSA) is 57.5 Å². The smallest absolute Gasteiger partial charge is 0.191 e. The molecule has 0 bridgehead atoms. The normalized spacial score (nSPS) is 18.1. The predicted octanol–water partition coefficient (Wildman–Crippen LogP) is 2.47. The fourth-order valence-corrected chi connectivity index (χ4v) is 3.65. The van der Waals surface area contributed by atoms with E-state index in [9.17, 15) is 4.39 Å². The molecule has 2 N–H and O–H groups in total. The third kappa shape index (κ3) is 4.66. The average molecular weight is 372 g/mol. The molecule has 0 spiro atoms. The van der Waals surface area contributed by atoms with Crippen LogP contribution in [0.25, 0.3) is 5.69 Å². The number of likely N-dealkylation sites (tertiary alicyclic amines) is 1. The van der Waals surface area contributed by atoms with Crippen LogP contribution in [0.15, 0.2) is 35.6 Å². The molecule has 27 heavy (non-hydrogen) atoms. The monoisotopic (exact) mass is 372 g/mol. The Hall–Kier alpha value is -2.41. The van der Waals surface area contributed by atoms with E-state index in [-0.39, 0.29) is 5.82 Å². The first kappa shape index (κ1) is 19.4. The van der Waals surface area contributed by atoms with Gasteiger partial charge < -0.3 is 15.2 Å². The fourth-order valence-electron chi connectivity index (χ4n) is 3.65. The summed E-state index contributed by atoms with van der Waals surface area (Å²) in [5.74, 6) is 1.24.